The second-order valence-electron chi connectivity index (χ2n) is 4.70. The Labute approximate surface area is 92.7 Å². The predicted molar refractivity (Wildman–Crippen MR) is 61.5 cm³/mol. The summed E-state index contributed by atoms with van der Waals surface area (Å²) < 4.78 is 5.10. The second kappa shape index (κ2) is 5.34. The van der Waals surface area contributed by atoms with Crippen LogP contribution in [-0.2, 0) is 9.53 Å². The van der Waals surface area contributed by atoms with Gasteiger partial charge in [0, 0.05) is 0 Å². The van der Waals surface area contributed by atoms with Crippen molar-refractivity contribution in [1.29, 1.82) is 0 Å². The maximum atomic E-state index is 11.8. The van der Waals surface area contributed by atoms with Gasteiger partial charge in [0.15, 0.2) is 0 Å². The van der Waals surface area contributed by atoms with Gasteiger partial charge in [-0.25, -0.2) is 0 Å². The minimum atomic E-state index is -0.481. The third-order valence-electron chi connectivity index (χ3n) is 3.38. The van der Waals surface area contributed by atoms with Gasteiger partial charge in [0.25, 0.3) is 0 Å². The van der Waals surface area contributed by atoms with Crippen molar-refractivity contribution >= 4 is 5.97 Å². The van der Waals surface area contributed by atoms with E-state index in [0.29, 0.717) is 12.5 Å². The molecule has 0 spiro atoms. The SMILES string of the molecule is C=CC(C)(CC1CCCC1)C(=O)OCC. The van der Waals surface area contributed by atoms with E-state index in [0.717, 1.165) is 6.42 Å². The molecular formula is C13H22O2. The van der Waals surface area contributed by atoms with Gasteiger partial charge < -0.3 is 4.74 Å². The first-order valence-corrected chi connectivity index (χ1v) is 5.93. The molecule has 0 N–H and O–H groups in total. The van der Waals surface area contributed by atoms with E-state index < -0.39 is 5.41 Å². The number of hydrogen-bond acceptors (Lipinski definition) is 2. The van der Waals surface area contributed by atoms with Crippen LogP contribution < -0.4 is 0 Å². The first-order chi connectivity index (χ1) is 7.12. The molecule has 0 saturated heterocycles. The number of rotatable bonds is 5. The van der Waals surface area contributed by atoms with Crippen LogP contribution in [0.2, 0.25) is 0 Å². The highest BCUT2D eigenvalue weighted by Gasteiger charge is 2.34. The van der Waals surface area contributed by atoms with Gasteiger partial charge in [-0.3, -0.25) is 4.79 Å². The maximum Gasteiger partial charge on any atom is 0.315 e. The van der Waals surface area contributed by atoms with Gasteiger partial charge in [-0.2, -0.15) is 0 Å². The molecule has 1 atom stereocenters. The zero-order valence-electron chi connectivity index (χ0n) is 9.92. The Hall–Kier alpha value is -0.790. The van der Waals surface area contributed by atoms with Crippen LogP contribution in [-0.4, -0.2) is 12.6 Å². The Morgan fingerprint density at radius 3 is 2.60 bits per heavy atom. The highest BCUT2D eigenvalue weighted by atomic mass is 16.5. The molecule has 0 radical (unpaired) electrons. The van der Waals surface area contributed by atoms with Crippen molar-refractivity contribution in [2.45, 2.75) is 46.0 Å². The predicted octanol–water partition coefficient (Wildman–Crippen LogP) is 3.32. The summed E-state index contributed by atoms with van der Waals surface area (Å²) >= 11 is 0. The summed E-state index contributed by atoms with van der Waals surface area (Å²) in [5.74, 6) is 0.560. The molecular weight excluding hydrogens is 188 g/mol. The Kier molecular flexibility index (Phi) is 4.37. The first-order valence-electron chi connectivity index (χ1n) is 5.93. The van der Waals surface area contributed by atoms with E-state index in [4.69, 9.17) is 4.74 Å². The molecule has 0 aliphatic heterocycles. The van der Waals surface area contributed by atoms with Gasteiger partial charge in [-0.15, -0.1) is 6.58 Å². The van der Waals surface area contributed by atoms with Crippen LogP contribution in [0, 0.1) is 11.3 Å². The molecule has 2 heteroatoms. The molecule has 1 saturated carbocycles. The fraction of sp³-hybridized carbons (Fsp3) is 0.769. The normalized spacial score (nSPS) is 20.9. The molecule has 1 aliphatic rings. The van der Waals surface area contributed by atoms with Crippen LogP contribution in [0.15, 0.2) is 12.7 Å². The van der Waals surface area contributed by atoms with E-state index in [1.54, 1.807) is 6.08 Å². The minimum absolute atomic E-state index is 0.119. The van der Waals surface area contributed by atoms with Crippen LogP contribution in [0.25, 0.3) is 0 Å². The monoisotopic (exact) mass is 210 g/mol. The lowest BCUT2D eigenvalue weighted by Gasteiger charge is -2.26. The van der Waals surface area contributed by atoms with E-state index >= 15 is 0 Å². The van der Waals surface area contributed by atoms with Gasteiger partial charge in [0.2, 0.25) is 0 Å². The molecule has 1 aliphatic carbocycles. The summed E-state index contributed by atoms with van der Waals surface area (Å²) in [6, 6.07) is 0. The van der Waals surface area contributed by atoms with Crippen LogP contribution in [0.3, 0.4) is 0 Å². The molecule has 0 heterocycles. The Balaban J connectivity index is 2.57. The highest BCUT2D eigenvalue weighted by Crippen LogP contribution is 2.37. The summed E-state index contributed by atoms with van der Waals surface area (Å²) in [7, 11) is 0. The average molecular weight is 210 g/mol. The fourth-order valence-electron chi connectivity index (χ4n) is 2.36. The van der Waals surface area contributed by atoms with E-state index in [9.17, 15) is 4.79 Å². The lowest BCUT2D eigenvalue weighted by molar-refractivity contribution is -0.152. The molecule has 1 unspecified atom stereocenters. The molecule has 0 aromatic carbocycles. The summed E-state index contributed by atoms with van der Waals surface area (Å²) in [5, 5.41) is 0. The first kappa shape index (κ1) is 12.3. The topological polar surface area (TPSA) is 26.3 Å². The van der Waals surface area contributed by atoms with Crippen molar-refractivity contribution in [3.8, 4) is 0 Å². The summed E-state index contributed by atoms with van der Waals surface area (Å²) in [5.41, 5.74) is -0.481. The smallest absolute Gasteiger partial charge is 0.315 e. The third-order valence-corrected chi connectivity index (χ3v) is 3.38. The molecule has 86 valence electrons. The molecule has 0 aromatic heterocycles. The number of carbonyl (C=O) groups is 1. The van der Waals surface area contributed by atoms with Crippen molar-refractivity contribution in [3.05, 3.63) is 12.7 Å². The van der Waals surface area contributed by atoms with E-state index in [-0.39, 0.29) is 5.97 Å². The van der Waals surface area contributed by atoms with E-state index in [1.807, 2.05) is 13.8 Å². The standard InChI is InChI=1S/C13H22O2/c1-4-13(3,12(14)15-5-2)10-11-8-6-7-9-11/h4,11H,1,5-10H2,2-3H3. The number of carbonyl (C=O) groups excluding carboxylic acids is 1. The average Bonchev–Trinajstić information content (AvgIpc) is 2.70. The number of esters is 1. The van der Waals surface area contributed by atoms with Crippen molar-refractivity contribution in [3.63, 3.8) is 0 Å². The summed E-state index contributed by atoms with van der Waals surface area (Å²) in [4.78, 5) is 11.8. The second-order valence-corrected chi connectivity index (χ2v) is 4.70. The van der Waals surface area contributed by atoms with Crippen LogP contribution in [0.4, 0.5) is 0 Å². The number of hydrogen-bond donors (Lipinski definition) is 0. The van der Waals surface area contributed by atoms with Gasteiger partial charge in [0.1, 0.15) is 0 Å². The zero-order chi connectivity index (χ0) is 11.3. The molecule has 15 heavy (non-hydrogen) atoms. The van der Waals surface area contributed by atoms with Crippen molar-refractivity contribution in [2.75, 3.05) is 6.61 Å². The molecule has 1 rings (SSSR count). The van der Waals surface area contributed by atoms with Crippen molar-refractivity contribution in [2.24, 2.45) is 11.3 Å². The molecule has 2 nitrogen and oxygen atoms in total. The molecule has 0 amide bonds. The van der Waals surface area contributed by atoms with Crippen LogP contribution in [0.5, 0.6) is 0 Å². The van der Waals surface area contributed by atoms with Crippen molar-refractivity contribution < 1.29 is 9.53 Å². The van der Waals surface area contributed by atoms with Gasteiger partial charge in [0.05, 0.1) is 12.0 Å². The van der Waals surface area contributed by atoms with Crippen LogP contribution >= 0.6 is 0 Å². The minimum Gasteiger partial charge on any atom is -0.465 e. The Morgan fingerprint density at radius 1 is 1.53 bits per heavy atom. The fourth-order valence-corrected chi connectivity index (χ4v) is 2.36. The number of ether oxygens (including phenoxy) is 1. The lowest BCUT2D eigenvalue weighted by Crippen LogP contribution is -2.29. The lowest BCUT2D eigenvalue weighted by atomic mass is 9.80. The zero-order valence-corrected chi connectivity index (χ0v) is 9.92. The Morgan fingerprint density at radius 2 is 2.13 bits per heavy atom. The summed E-state index contributed by atoms with van der Waals surface area (Å²) in [6.45, 7) is 8.01. The van der Waals surface area contributed by atoms with Crippen molar-refractivity contribution in [1.82, 2.24) is 0 Å². The largest absolute Gasteiger partial charge is 0.465 e. The molecule has 0 bridgehead atoms. The third kappa shape index (κ3) is 3.08. The van der Waals surface area contributed by atoms with Gasteiger partial charge in [-0.05, 0) is 26.2 Å². The highest BCUT2D eigenvalue weighted by molar-refractivity contribution is 5.78. The van der Waals surface area contributed by atoms with E-state index in [2.05, 4.69) is 6.58 Å². The maximum absolute atomic E-state index is 11.8. The van der Waals surface area contributed by atoms with Crippen LogP contribution in [0.1, 0.15) is 46.0 Å². The molecule has 1 fully saturated rings. The Bertz CT molecular complexity index is 229. The molecule has 0 aromatic rings. The quantitative estimate of drug-likeness (QED) is 0.514. The van der Waals surface area contributed by atoms with E-state index in [1.165, 1.54) is 25.7 Å². The van der Waals surface area contributed by atoms with Gasteiger partial charge >= 0.3 is 5.97 Å². The van der Waals surface area contributed by atoms with Gasteiger partial charge in [-0.1, -0.05) is 31.8 Å². The summed E-state index contributed by atoms with van der Waals surface area (Å²) in [6.07, 6.45) is 7.77.